The summed E-state index contributed by atoms with van der Waals surface area (Å²) < 4.78 is 36.0. The van der Waals surface area contributed by atoms with Crippen molar-refractivity contribution in [2.75, 3.05) is 18.0 Å². The third-order valence-corrected chi connectivity index (χ3v) is 6.49. The molecule has 188 valence electrons. The van der Waals surface area contributed by atoms with E-state index < -0.39 is 47.9 Å². The van der Waals surface area contributed by atoms with Crippen LogP contribution >= 0.6 is 0 Å². The van der Waals surface area contributed by atoms with Gasteiger partial charge in [0.05, 0.1) is 12.2 Å². The predicted molar refractivity (Wildman–Crippen MR) is 128 cm³/mol. The summed E-state index contributed by atoms with van der Waals surface area (Å²) in [4.78, 5) is 52.1. The van der Waals surface area contributed by atoms with Crippen LogP contribution in [0.3, 0.4) is 0 Å². The average Bonchev–Trinajstić information content (AvgIpc) is 3.06. The molecule has 3 aliphatic heterocycles. The van der Waals surface area contributed by atoms with E-state index in [0.29, 0.717) is 22.0 Å². The lowest BCUT2D eigenvalue weighted by molar-refractivity contribution is -0.134. The lowest BCUT2D eigenvalue weighted by Crippen LogP contribution is -2.53. The largest absolute Gasteiger partial charge is 0.444 e. The van der Waals surface area contributed by atoms with Gasteiger partial charge >= 0.3 is 6.09 Å². The Kier molecular flexibility index (Phi) is 5.38. The van der Waals surface area contributed by atoms with Gasteiger partial charge < -0.3 is 4.74 Å². The second-order valence-electron chi connectivity index (χ2n) is 10.2. The van der Waals surface area contributed by atoms with Gasteiger partial charge in [-0.05, 0) is 50.3 Å². The minimum atomic E-state index is -3.36. The molecule has 0 aromatic heterocycles. The van der Waals surface area contributed by atoms with Gasteiger partial charge in [0.25, 0.3) is 11.8 Å². The van der Waals surface area contributed by atoms with Crippen molar-refractivity contribution in [1.82, 2.24) is 10.2 Å². The van der Waals surface area contributed by atoms with Crippen molar-refractivity contribution < 1.29 is 32.7 Å². The molecule has 1 fully saturated rings. The highest BCUT2D eigenvalue weighted by Gasteiger charge is 2.45. The van der Waals surface area contributed by atoms with Gasteiger partial charge in [0.1, 0.15) is 11.6 Å². The molecule has 0 aliphatic carbocycles. The van der Waals surface area contributed by atoms with Crippen LogP contribution in [0.4, 0.5) is 19.3 Å². The Bertz CT molecular complexity index is 1360. The van der Waals surface area contributed by atoms with Crippen molar-refractivity contribution in [1.29, 1.82) is 0 Å². The van der Waals surface area contributed by atoms with Gasteiger partial charge in [-0.1, -0.05) is 24.3 Å². The van der Waals surface area contributed by atoms with Crippen molar-refractivity contribution in [2.45, 2.75) is 51.2 Å². The van der Waals surface area contributed by atoms with Gasteiger partial charge in [0, 0.05) is 29.5 Å². The summed E-state index contributed by atoms with van der Waals surface area (Å²) >= 11 is 0. The van der Waals surface area contributed by atoms with Crippen molar-refractivity contribution >= 4 is 45.8 Å². The van der Waals surface area contributed by atoms with Crippen molar-refractivity contribution in [2.24, 2.45) is 0 Å². The van der Waals surface area contributed by atoms with Crippen LogP contribution in [0.15, 0.2) is 36.4 Å². The minimum absolute atomic E-state index is 0.0515. The number of nitrogens with one attached hydrogen (secondary N) is 1. The van der Waals surface area contributed by atoms with Gasteiger partial charge in [-0.3, -0.25) is 29.5 Å². The van der Waals surface area contributed by atoms with Crippen LogP contribution in [-0.4, -0.2) is 59.4 Å². The third kappa shape index (κ3) is 3.90. The number of hydrogen-bond donors (Lipinski definition) is 1. The first-order valence-corrected chi connectivity index (χ1v) is 11.7. The summed E-state index contributed by atoms with van der Waals surface area (Å²) in [6.07, 6.45) is 0.776. The maximum absolute atomic E-state index is 15.4. The van der Waals surface area contributed by atoms with E-state index in [1.165, 1.54) is 17.0 Å². The zero-order valence-electron chi connectivity index (χ0n) is 20.1. The first-order valence-electron chi connectivity index (χ1n) is 11.7. The Hall–Kier alpha value is -3.82. The van der Waals surface area contributed by atoms with Crippen molar-refractivity contribution in [3.8, 4) is 0 Å². The molecule has 8 nitrogen and oxygen atoms in total. The molecule has 0 bridgehead atoms. The number of imide groups is 1. The molecule has 36 heavy (non-hydrogen) atoms. The summed E-state index contributed by atoms with van der Waals surface area (Å²) in [7, 11) is 0. The van der Waals surface area contributed by atoms with Crippen molar-refractivity contribution in [3.63, 3.8) is 0 Å². The van der Waals surface area contributed by atoms with E-state index in [1.54, 1.807) is 45.0 Å². The lowest BCUT2D eigenvalue weighted by Gasteiger charge is -2.34. The number of hydrogen-bond acceptors (Lipinski definition) is 5. The van der Waals surface area contributed by atoms with Crippen LogP contribution in [-0.2, 0) is 14.3 Å². The zero-order chi connectivity index (χ0) is 26.0. The van der Waals surface area contributed by atoms with E-state index >= 15 is 8.78 Å². The van der Waals surface area contributed by atoms with Gasteiger partial charge in [0.2, 0.25) is 11.8 Å². The standard InChI is InChI=1S/C26H25F2N3O5/c1-25(2,3)36-24(35)30-12-11-17(26(27,28)13-30)14-7-8-18-21-15(14)5-4-6-16(21)23(34)31(18)19-9-10-20(32)29-22(19)33/h4-8,11,19H,9-10,12-13H2,1-3H3,(H,29,32,33). The summed E-state index contributed by atoms with van der Waals surface area (Å²) in [6, 6.07) is 7.09. The van der Waals surface area contributed by atoms with Crippen LogP contribution in [0, 0.1) is 0 Å². The molecule has 3 aliphatic rings. The molecule has 3 heterocycles. The fraction of sp³-hybridized carbons (Fsp3) is 0.385. The van der Waals surface area contributed by atoms with Crippen LogP contribution in [0.1, 0.15) is 49.5 Å². The topological polar surface area (TPSA) is 96.0 Å². The summed E-state index contributed by atoms with van der Waals surface area (Å²) in [5.74, 6) is -4.73. The quantitative estimate of drug-likeness (QED) is 0.636. The number of carbonyl (C=O) groups is 4. The maximum atomic E-state index is 15.4. The molecule has 0 spiro atoms. The number of nitrogens with zero attached hydrogens (tertiary/aromatic N) is 2. The summed E-state index contributed by atoms with van der Waals surface area (Å²) in [6.45, 7) is 4.11. The predicted octanol–water partition coefficient (Wildman–Crippen LogP) is 3.87. The molecular weight excluding hydrogens is 472 g/mol. The molecule has 5 rings (SSSR count). The SMILES string of the molecule is CC(C)(C)OC(=O)N1CC=C(c2ccc3c4c(cccc24)C(=O)N3C2CCC(=O)NC2=O)C(F)(F)C1. The molecule has 2 aromatic carbocycles. The molecular formula is C26H25F2N3O5. The molecule has 2 aromatic rings. The Morgan fingerprint density at radius 1 is 1.11 bits per heavy atom. The number of alkyl halides is 2. The number of rotatable bonds is 2. The van der Waals surface area contributed by atoms with Crippen LogP contribution < -0.4 is 10.2 Å². The highest BCUT2D eigenvalue weighted by molar-refractivity contribution is 6.28. The van der Waals surface area contributed by atoms with E-state index in [-0.39, 0.29) is 30.5 Å². The summed E-state index contributed by atoms with van der Waals surface area (Å²) in [5.41, 5.74) is -0.0435. The van der Waals surface area contributed by atoms with Gasteiger partial charge in [-0.25, -0.2) is 4.79 Å². The van der Waals surface area contributed by atoms with Gasteiger partial charge in [-0.15, -0.1) is 0 Å². The normalized spacial score (nSPS) is 21.5. The van der Waals surface area contributed by atoms with Crippen LogP contribution in [0.2, 0.25) is 0 Å². The maximum Gasteiger partial charge on any atom is 0.410 e. The third-order valence-electron chi connectivity index (χ3n) is 6.49. The molecule has 0 saturated carbocycles. The van der Waals surface area contributed by atoms with E-state index in [1.807, 2.05) is 0 Å². The zero-order valence-corrected chi connectivity index (χ0v) is 20.1. The number of amides is 4. The smallest absolute Gasteiger partial charge is 0.410 e. The van der Waals surface area contributed by atoms with Gasteiger partial charge in [-0.2, -0.15) is 8.78 Å². The van der Waals surface area contributed by atoms with E-state index in [2.05, 4.69) is 5.32 Å². The number of benzene rings is 2. The fourth-order valence-electron chi connectivity index (χ4n) is 4.99. The number of piperidine rings is 1. The van der Waals surface area contributed by atoms with Crippen LogP contribution in [0.5, 0.6) is 0 Å². The number of halogens is 2. The van der Waals surface area contributed by atoms with Crippen molar-refractivity contribution in [3.05, 3.63) is 47.5 Å². The molecule has 1 N–H and O–H groups in total. The molecule has 0 radical (unpaired) electrons. The second kappa shape index (κ2) is 8.11. The molecule has 1 atom stereocenters. The Morgan fingerprint density at radius 2 is 1.86 bits per heavy atom. The highest BCUT2D eigenvalue weighted by Crippen LogP contribution is 2.45. The second-order valence-corrected chi connectivity index (χ2v) is 10.2. The molecule has 1 unspecified atom stereocenters. The van der Waals surface area contributed by atoms with E-state index in [9.17, 15) is 19.2 Å². The summed E-state index contributed by atoms with van der Waals surface area (Å²) in [5, 5.41) is 3.20. The highest BCUT2D eigenvalue weighted by atomic mass is 19.3. The monoisotopic (exact) mass is 497 g/mol. The van der Waals surface area contributed by atoms with E-state index in [0.717, 1.165) is 4.90 Å². The van der Waals surface area contributed by atoms with E-state index in [4.69, 9.17) is 4.74 Å². The molecule has 10 heteroatoms. The minimum Gasteiger partial charge on any atom is -0.444 e. The lowest BCUT2D eigenvalue weighted by atomic mass is 9.90. The first-order chi connectivity index (χ1) is 16.9. The Labute approximate surface area is 205 Å². The molecule has 4 amide bonds. The van der Waals surface area contributed by atoms with Crippen LogP contribution in [0.25, 0.3) is 16.3 Å². The Balaban J connectivity index is 1.54. The fourth-order valence-corrected chi connectivity index (χ4v) is 4.99. The average molecular weight is 497 g/mol. The Morgan fingerprint density at radius 3 is 2.53 bits per heavy atom. The van der Waals surface area contributed by atoms with Gasteiger partial charge in [0.15, 0.2) is 0 Å². The number of ether oxygens (including phenoxy) is 1. The molecule has 1 saturated heterocycles. The number of anilines is 1. The first kappa shape index (κ1) is 23.9. The number of carbonyl (C=O) groups excluding carboxylic acids is 4.